The van der Waals surface area contributed by atoms with Gasteiger partial charge in [-0.05, 0) is 32.8 Å². The summed E-state index contributed by atoms with van der Waals surface area (Å²) in [5.41, 5.74) is 2.68. The molecule has 2 rings (SSSR count). The molecular weight excluding hydrogens is 230 g/mol. The number of amides is 1. The van der Waals surface area contributed by atoms with Gasteiger partial charge in [0.05, 0.1) is 18.4 Å². The number of furan rings is 1. The third-order valence-corrected chi connectivity index (χ3v) is 3.82. The van der Waals surface area contributed by atoms with Gasteiger partial charge in [0.25, 0.3) is 5.91 Å². The molecule has 1 saturated heterocycles. The van der Waals surface area contributed by atoms with E-state index in [1.165, 1.54) is 19.3 Å². The van der Waals surface area contributed by atoms with E-state index in [9.17, 15) is 4.79 Å². The Morgan fingerprint density at radius 2 is 2.17 bits per heavy atom. The van der Waals surface area contributed by atoms with Gasteiger partial charge in [0.15, 0.2) is 0 Å². The average Bonchev–Trinajstić information content (AvgIpc) is 2.81. The summed E-state index contributed by atoms with van der Waals surface area (Å²) in [5, 5.41) is 0. The first-order valence-corrected chi connectivity index (χ1v) is 6.46. The summed E-state index contributed by atoms with van der Waals surface area (Å²) < 4.78 is 5.43. The maximum atomic E-state index is 11.6. The predicted molar refractivity (Wildman–Crippen MR) is 68.7 cm³/mol. The SMILES string of the molecule is CC1CCCC(C)N1Cc1occc1C(=O)NN. The van der Waals surface area contributed by atoms with E-state index in [-0.39, 0.29) is 5.91 Å². The van der Waals surface area contributed by atoms with Gasteiger partial charge in [-0.25, -0.2) is 5.84 Å². The van der Waals surface area contributed by atoms with Crippen molar-refractivity contribution < 1.29 is 9.21 Å². The minimum absolute atomic E-state index is 0.295. The maximum Gasteiger partial charge on any atom is 0.268 e. The summed E-state index contributed by atoms with van der Waals surface area (Å²) in [7, 11) is 0. The molecular formula is C13H21N3O2. The zero-order valence-electron chi connectivity index (χ0n) is 11.0. The van der Waals surface area contributed by atoms with Gasteiger partial charge in [0.2, 0.25) is 0 Å². The Morgan fingerprint density at radius 3 is 2.78 bits per heavy atom. The average molecular weight is 251 g/mol. The topological polar surface area (TPSA) is 71.5 Å². The second kappa shape index (κ2) is 5.54. The smallest absolute Gasteiger partial charge is 0.268 e. The van der Waals surface area contributed by atoms with Crippen molar-refractivity contribution in [3.8, 4) is 0 Å². The van der Waals surface area contributed by atoms with Crippen molar-refractivity contribution in [3.63, 3.8) is 0 Å². The van der Waals surface area contributed by atoms with Crippen molar-refractivity contribution in [2.45, 2.75) is 51.7 Å². The fourth-order valence-electron chi connectivity index (χ4n) is 2.70. The first-order valence-electron chi connectivity index (χ1n) is 6.46. The molecule has 100 valence electrons. The van der Waals surface area contributed by atoms with E-state index in [0.717, 1.165) is 0 Å². The van der Waals surface area contributed by atoms with Crippen LogP contribution in [0.3, 0.4) is 0 Å². The monoisotopic (exact) mass is 251 g/mol. The zero-order valence-corrected chi connectivity index (χ0v) is 11.0. The quantitative estimate of drug-likeness (QED) is 0.487. The lowest BCUT2D eigenvalue weighted by Crippen LogP contribution is -2.43. The van der Waals surface area contributed by atoms with Gasteiger partial charge >= 0.3 is 0 Å². The number of hydrogen-bond acceptors (Lipinski definition) is 4. The summed E-state index contributed by atoms with van der Waals surface area (Å²) in [6, 6.07) is 2.71. The van der Waals surface area contributed by atoms with Crippen LogP contribution < -0.4 is 11.3 Å². The number of likely N-dealkylation sites (tertiary alicyclic amines) is 1. The van der Waals surface area contributed by atoms with Gasteiger partial charge in [-0.3, -0.25) is 15.1 Å². The van der Waals surface area contributed by atoms with Crippen LogP contribution in [-0.2, 0) is 6.54 Å². The van der Waals surface area contributed by atoms with Crippen molar-refractivity contribution in [2.75, 3.05) is 0 Å². The van der Waals surface area contributed by atoms with Crippen molar-refractivity contribution in [3.05, 3.63) is 23.7 Å². The number of nitrogens with zero attached hydrogens (tertiary/aromatic N) is 1. The molecule has 1 aliphatic heterocycles. The molecule has 0 spiro atoms. The van der Waals surface area contributed by atoms with Gasteiger partial charge in [0.1, 0.15) is 5.76 Å². The number of nitrogens with two attached hydrogens (primary N) is 1. The summed E-state index contributed by atoms with van der Waals surface area (Å²) in [6.07, 6.45) is 5.21. The summed E-state index contributed by atoms with van der Waals surface area (Å²) in [4.78, 5) is 14.0. The summed E-state index contributed by atoms with van der Waals surface area (Å²) in [6.45, 7) is 5.11. The molecule has 1 aliphatic rings. The van der Waals surface area contributed by atoms with E-state index in [1.807, 2.05) is 0 Å². The molecule has 0 aliphatic carbocycles. The normalized spacial score (nSPS) is 25.1. The molecule has 0 bridgehead atoms. The molecule has 18 heavy (non-hydrogen) atoms. The van der Waals surface area contributed by atoms with Gasteiger partial charge in [-0.2, -0.15) is 0 Å². The highest BCUT2D eigenvalue weighted by atomic mass is 16.3. The third kappa shape index (κ3) is 2.57. The molecule has 1 fully saturated rings. The number of carbonyl (C=O) groups excluding carboxylic acids is 1. The van der Waals surface area contributed by atoms with Crippen LogP contribution in [0.25, 0.3) is 0 Å². The van der Waals surface area contributed by atoms with E-state index >= 15 is 0 Å². The van der Waals surface area contributed by atoms with Crippen molar-refractivity contribution >= 4 is 5.91 Å². The van der Waals surface area contributed by atoms with Crippen molar-refractivity contribution in [2.24, 2.45) is 5.84 Å². The van der Waals surface area contributed by atoms with Gasteiger partial charge < -0.3 is 4.42 Å². The molecule has 0 aromatic carbocycles. The molecule has 1 aromatic heterocycles. The fourth-order valence-corrected chi connectivity index (χ4v) is 2.70. The lowest BCUT2D eigenvalue weighted by Gasteiger charge is -2.38. The van der Waals surface area contributed by atoms with Gasteiger partial charge in [-0.15, -0.1) is 0 Å². The predicted octanol–water partition coefficient (Wildman–Crippen LogP) is 1.65. The van der Waals surface area contributed by atoms with E-state index in [0.29, 0.717) is 30.0 Å². The number of hydrogen-bond donors (Lipinski definition) is 2. The third-order valence-electron chi connectivity index (χ3n) is 3.82. The van der Waals surface area contributed by atoms with Crippen LogP contribution in [0.1, 0.15) is 49.2 Å². The highest BCUT2D eigenvalue weighted by molar-refractivity contribution is 5.94. The van der Waals surface area contributed by atoms with Crippen LogP contribution in [0.5, 0.6) is 0 Å². The number of piperidine rings is 1. The number of rotatable bonds is 3. The Balaban J connectivity index is 2.13. The summed E-state index contributed by atoms with van der Waals surface area (Å²) in [5.74, 6) is 5.56. The van der Waals surface area contributed by atoms with E-state index in [1.54, 1.807) is 12.3 Å². The Bertz CT molecular complexity index is 406. The number of carbonyl (C=O) groups is 1. The number of nitrogens with one attached hydrogen (secondary N) is 1. The number of nitrogen functional groups attached to an aromatic ring is 1. The summed E-state index contributed by atoms with van der Waals surface area (Å²) >= 11 is 0. The number of hydrazine groups is 1. The zero-order chi connectivity index (χ0) is 13.1. The highest BCUT2D eigenvalue weighted by Crippen LogP contribution is 2.25. The van der Waals surface area contributed by atoms with Gasteiger partial charge in [0, 0.05) is 12.1 Å². The molecule has 0 saturated carbocycles. The molecule has 2 atom stereocenters. The minimum Gasteiger partial charge on any atom is -0.467 e. The van der Waals surface area contributed by atoms with Crippen LogP contribution in [0.4, 0.5) is 0 Å². The van der Waals surface area contributed by atoms with Crippen LogP contribution >= 0.6 is 0 Å². The van der Waals surface area contributed by atoms with E-state index < -0.39 is 0 Å². The van der Waals surface area contributed by atoms with E-state index in [2.05, 4.69) is 24.2 Å². The maximum absolute atomic E-state index is 11.6. The molecule has 5 nitrogen and oxygen atoms in total. The Morgan fingerprint density at radius 1 is 1.50 bits per heavy atom. The molecule has 2 unspecified atom stereocenters. The Kier molecular flexibility index (Phi) is 4.04. The van der Waals surface area contributed by atoms with Crippen LogP contribution in [0.2, 0.25) is 0 Å². The lowest BCUT2D eigenvalue weighted by atomic mass is 9.97. The van der Waals surface area contributed by atoms with E-state index in [4.69, 9.17) is 10.3 Å². The Labute approximate surface area is 107 Å². The Hall–Kier alpha value is -1.33. The standard InChI is InChI=1S/C13H21N3O2/c1-9-4-3-5-10(2)16(9)8-12-11(6-7-18-12)13(17)15-14/h6-7,9-10H,3-5,8,14H2,1-2H3,(H,15,17). The minimum atomic E-state index is -0.295. The largest absolute Gasteiger partial charge is 0.467 e. The molecule has 0 radical (unpaired) electrons. The highest BCUT2D eigenvalue weighted by Gasteiger charge is 2.27. The second-order valence-corrected chi connectivity index (χ2v) is 5.03. The van der Waals surface area contributed by atoms with Crippen LogP contribution in [-0.4, -0.2) is 22.9 Å². The van der Waals surface area contributed by atoms with Gasteiger partial charge in [-0.1, -0.05) is 6.42 Å². The van der Waals surface area contributed by atoms with Crippen molar-refractivity contribution in [1.82, 2.24) is 10.3 Å². The molecule has 1 aromatic rings. The van der Waals surface area contributed by atoms with Crippen LogP contribution in [0.15, 0.2) is 16.7 Å². The molecule has 3 N–H and O–H groups in total. The lowest BCUT2D eigenvalue weighted by molar-refractivity contribution is 0.0844. The fraction of sp³-hybridized carbons (Fsp3) is 0.615. The first kappa shape index (κ1) is 13.1. The molecule has 2 heterocycles. The molecule has 1 amide bonds. The van der Waals surface area contributed by atoms with Crippen LogP contribution in [0, 0.1) is 0 Å². The second-order valence-electron chi connectivity index (χ2n) is 5.03. The first-order chi connectivity index (χ1) is 8.63. The molecule has 5 heteroatoms. The van der Waals surface area contributed by atoms with Crippen molar-refractivity contribution in [1.29, 1.82) is 0 Å².